The van der Waals surface area contributed by atoms with Crippen molar-refractivity contribution in [3.8, 4) is 0 Å². The van der Waals surface area contributed by atoms with E-state index in [9.17, 15) is 13.2 Å². The van der Waals surface area contributed by atoms with Gasteiger partial charge in [0.05, 0.1) is 5.69 Å². The number of alkyl halides is 3. The number of hydrogen-bond donors (Lipinski definition) is 0. The van der Waals surface area contributed by atoms with Crippen molar-refractivity contribution >= 4 is 17.4 Å². The summed E-state index contributed by atoms with van der Waals surface area (Å²) < 4.78 is 37.5. The van der Waals surface area contributed by atoms with Gasteiger partial charge in [0.15, 0.2) is 5.37 Å². The van der Waals surface area contributed by atoms with Crippen LogP contribution in [0.1, 0.15) is 0 Å². The number of nitrogens with zero attached hydrogens (tertiary/aromatic N) is 1. The maximum atomic E-state index is 12.5. The molecule has 0 saturated carbocycles. The Kier molecular flexibility index (Phi) is 2.14. The fraction of sp³-hybridized carbons (Fsp3) is 0.333. The normalized spacial score (nSPS) is 21.1. The van der Waals surface area contributed by atoms with Gasteiger partial charge in [-0.25, -0.2) is 0 Å². The first-order valence-corrected chi connectivity index (χ1v) is 4.93. The summed E-state index contributed by atoms with van der Waals surface area (Å²) in [4.78, 5) is 1.96. The Labute approximate surface area is 83.9 Å². The van der Waals surface area contributed by atoms with Crippen molar-refractivity contribution in [2.75, 3.05) is 11.9 Å². The van der Waals surface area contributed by atoms with E-state index in [2.05, 4.69) is 0 Å². The van der Waals surface area contributed by atoms with Crippen molar-refractivity contribution in [1.82, 2.24) is 0 Å². The zero-order valence-corrected chi connectivity index (χ0v) is 8.19. The first-order valence-electron chi connectivity index (χ1n) is 4.05. The van der Waals surface area contributed by atoms with E-state index in [-0.39, 0.29) is 0 Å². The lowest BCUT2D eigenvalue weighted by Gasteiger charge is -2.23. The van der Waals surface area contributed by atoms with Gasteiger partial charge in [0.2, 0.25) is 0 Å². The number of thioether (sulfide) groups is 1. The van der Waals surface area contributed by atoms with Crippen molar-refractivity contribution in [3.63, 3.8) is 0 Å². The minimum Gasteiger partial charge on any atom is -0.354 e. The molecule has 0 N–H and O–H groups in total. The third-order valence-corrected chi connectivity index (χ3v) is 3.52. The summed E-state index contributed by atoms with van der Waals surface area (Å²) in [5, 5.41) is -1.44. The first-order chi connectivity index (χ1) is 6.50. The molecular weight excluding hydrogens is 211 g/mol. The fourth-order valence-electron chi connectivity index (χ4n) is 1.46. The highest BCUT2D eigenvalue weighted by atomic mass is 32.2. The van der Waals surface area contributed by atoms with Gasteiger partial charge in [0.25, 0.3) is 0 Å². The van der Waals surface area contributed by atoms with Crippen molar-refractivity contribution in [2.24, 2.45) is 0 Å². The molecule has 2 rings (SSSR count). The number of halogens is 3. The minimum absolute atomic E-state index is 0.653. The second-order valence-electron chi connectivity index (χ2n) is 3.09. The van der Waals surface area contributed by atoms with Crippen LogP contribution in [0, 0.1) is 0 Å². The van der Waals surface area contributed by atoms with Gasteiger partial charge in [-0.15, -0.1) is 0 Å². The van der Waals surface area contributed by atoms with Crippen LogP contribution >= 0.6 is 11.8 Å². The van der Waals surface area contributed by atoms with E-state index in [0.717, 1.165) is 11.8 Å². The molecule has 1 unspecified atom stereocenters. The minimum atomic E-state index is -4.18. The van der Waals surface area contributed by atoms with Crippen molar-refractivity contribution in [1.29, 1.82) is 0 Å². The monoisotopic (exact) mass is 219 g/mol. The molecular formula is C9H8F3NS. The summed E-state index contributed by atoms with van der Waals surface area (Å²) in [6.07, 6.45) is -4.18. The number of benzene rings is 1. The SMILES string of the molecule is CN1c2ccccc2SC1C(F)(F)F. The summed E-state index contributed by atoms with van der Waals surface area (Å²) in [5.74, 6) is 0. The summed E-state index contributed by atoms with van der Waals surface area (Å²) in [5.41, 5.74) is 0.653. The largest absolute Gasteiger partial charge is 0.418 e. The van der Waals surface area contributed by atoms with Crippen molar-refractivity contribution in [2.45, 2.75) is 16.4 Å². The average Bonchev–Trinajstić information content (AvgIpc) is 2.44. The summed E-state index contributed by atoms with van der Waals surface area (Å²) in [7, 11) is 1.47. The highest BCUT2D eigenvalue weighted by Crippen LogP contribution is 2.47. The van der Waals surface area contributed by atoms with Crippen LogP contribution < -0.4 is 4.90 Å². The Morgan fingerprint density at radius 2 is 1.93 bits per heavy atom. The molecule has 5 heteroatoms. The molecule has 0 amide bonds. The first kappa shape index (κ1) is 9.71. The van der Waals surface area contributed by atoms with Gasteiger partial charge in [0, 0.05) is 11.9 Å². The quantitative estimate of drug-likeness (QED) is 0.659. The summed E-state index contributed by atoms with van der Waals surface area (Å²) >= 11 is 0.852. The molecule has 0 spiro atoms. The maximum Gasteiger partial charge on any atom is 0.418 e. The second-order valence-corrected chi connectivity index (χ2v) is 4.21. The van der Waals surface area contributed by atoms with E-state index < -0.39 is 11.6 Å². The molecule has 1 heterocycles. The third-order valence-electron chi connectivity index (χ3n) is 2.12. The number of anilines is 1. The predicted octanol–water partition coefficient (Wildman–Crippen LogP) is 3.12. The fourth-order valence-corrected chi connectivity index (χ4v) is 2.60. The van der Waals surface area contributed by atoms with E-state index >= 15 is 0 Å². The van der Waals surface area contributed by atoms with Gasteiger partial charge in [-0.1, -0.05) is 23.9 Å². The lowest BCUT2D eigenvalue weighted by atomic mass is 10.3. The van der Waals surface area contributed by atoms with Crippen LogP contribution in [0.5, 0.6) is 0 Å². The van der Waals surface area contributed by atoms with E-state index in [1.807, 2.05) is 0 Å². The smallest absolute Gasteiger partial charge is 0.354 e. The molecule has 76 valence electrons. The van der Waals surface area contributed by atoms with Gasteiger partial charge in [-0.05, 0) is 12.1 Å². The Bertz CT molecular complexity index is 350. The number of para-hydroxylation sites is 1. The lowest BCUT2D eigenvalue weighted by molar-refractivity contribution is -0.127. The van der Waals surface area contributed by atoms with Crippen molar-refractivity contribution < 1.29 is 13.2 Å². The molecule has 1 aliphatic rings. The molecule has 0 saturated heterocycles. The third kappa shape index (κ3) is 1.45. The molecule has 0 bridgehead atoms. The molecule has 1 atom stereocenters. The van der Waals surface area contributed by atoms with Gasteiger partial charge in [-0.3, -0.25) is 0 Å². The van der Waals surface area contributed by atoms with Crippen LogP contribution in [0.15, 0.2) is 29.2 Å². The zero-order chi connectivity index (χ0) is 10.3. The van der Waals surface area contributed by atoms with Crippen LogP contribution in [0.2, 0.25) is 0 Å². The second kappa shape index (κ2) is 3.08. The van der Waals surface area contributed by atoms with Gasteiger partial charge in [0.1, 0.15) is 0 Å². The van der Waals surface area contributed by atoms with Crippen LogP contribution in [-0.4, -0.2) is 18.6 Å². The molecule has 0 radical (unpaired) electrons. The standard InChI is InChI=1S/C9H8F3NS/c1-13-6-4-2-3-5-7(6)14-8(13)9(10,11)12/h2-5,8H,1H3. The molecule has 0 aromatic heterocycles. The Morgan fingerprint density at radius 1 is 1.29 bits per heavy atom. The van der Waals surface area contributed by atoms with Crippen LogP contribution in [0.3, 0.4) is 0 Å². The van der Waals surface area contributed by atoms with E-state index in [1.165, 1.54) is 11.9 Å². The molecule has 1 aromatic rings. The zero-order valence-electron chi connectivity index (χ0n) is 7.38. The molecule has 14 heavy (non-hydrogen) atoms. The van der Waals surface area contributed by atoms with Crippen LogP contribution in [-0.2, 0) is 0 Å². The van der Waals surface area contributed by atoms with Gasteiger partial charge < -0.3 is 4.90 Å². The molecule has 0 aliphatic carbocycles. The average molecular weight is 219 g/mol. The molecule has 0 fully saturated rings. The van der Waals surface area contributed by atoms with E-state index in [1.54, 1.807) is 24.3 Å². The Morgan fingerprint density at radius 3 is 2.50 bits per heavy atom. The Hall–Kier alpha value is -0.840. The topological polar surface area (TPSA) is 3.24 Å². The molecule has 1 nitrogen and oxygen atoms in total. The van der Waals surface area contributed by atoms with Gasteiger partial charge >= 0.3 is 6.18 Å². The Balaban J connectivity index is 2.35. The molecule has 1 aromatic carbocycles. The number of fused-ring (bicyclic) bond motifs is 1. The highest BCUT2D eigenvalue weighted by molar-refractivity contribution is 8.00. The predicted molar refractivity (Wildman–Crippen MR) is 50.5 cm³/mol. The molecule has 1 aliphatic heterocycles. The van der Waals surface area contributed by atoms with E-state index in [4.69, 9.17) is 0 Å². The number of hydrogen-bond acceptors (Lipinski definition) is 2. The summed E-state index contributed by atoms with van der Waals surface area (Å²) in [6.45, 7) is 0. The van der Waals surface area contributed by atoms with Gasteiger partial charge in [-0.2, -0.15) is 13.2 Å². The lowest BCUT2D eigenvalue weighted by Crippen LogP contribution is -2.37. The van der Waals surface area contributed by atoms with E-state index in [0.29, 0.717) is 10.6 Å². The highest BCUT2D eigenvalue weighted by Gasteiger charge is 2.47. The number of rotatable bonds is 0. The van der Waals surface area contributed by atoms with Crippen LogP contribution in [0.4, 0.5) is 18.9 Å². The summed E-state index contributed by atoms with van der Waals surface area (Å²) in [6, 6.07) is 6.91. The van der Waals surface area contributed by atoms with Crippen LogP contribution in [0.25, 0.3) is 0 Å². The van der Waals surface area contributed by atoms with Crippen molar-refractivity contribution in [3.05, 3.63) is 24.3 Å². The maximum absolute atomic E-state index is 12.5.